The maximum Gasteiger partial charge on any atom is 0.263 e. The van der Waals surface area contributed by atoms with Gasteiger partial charge in [0.2, 0.25) is 0 Å². The van der Waals surface area contributed by atoms with E-state index in [4.69, 9.17) is 12.2 Å². The number of hydrogen-bond acceptors (Lipinski definition) is 3. The minimum absolute atomic E-state index is 0.0735. The zero-order valence-corrected chi connectivity index (χ0v) is 10.8. The molecule has 2 nitrogen and oxygen atoms in total. The molecule has 0 spiro atoms. The van der Waals surface area contributed by atoms with E-state index in [2.05, 4.69) is 23.5 Å². The van der Waals surface area contributed by atoms with Crippen LogP contribution in [0.25, 0.3) is 6.08 Å². The topological polar surface area (TPSA) is 29.1 Å². The van der Waals surface area contributed by atoms with Gasteiger partial charge in [-0.1, -0.05) is 42.2 Å². The Morgan fingerprint density at radius 3 is 3.00 bits per heavy atom. The standard InChI is InChI=1S/C13H11NOS2/c15-12-11(17-13(16)14-12)7-9-5-1-3-8-4-2-6-10(8)9/h1,3,5,7H,2,4,6H2,(H,14,15,16)/b11-7+. The lowest BCUT2D eigenvalue weighted by Gasteiger charge is -2.04. The van der Waals surface area contributed by atoms with Crippen LogP contribution < -0.4 is 5.32 Å². The molecule has 0 radical (unpaired) electrons. The lowest BCUT2D eigenvalue weighted by Crippen LogP contribution is -2.17. The quantitative estimate of drug-likeness (QED) is 0.622. The van der Waals surface area contributed by atoms with Gasteiger partial charge < -0.3 is 5.32 Å². The molecule has 1 saturated heterocycles. The zero-order valence-electron chi connectivity index (χ0n) is 9.16. The Morgan fingerprint density at radius 2 is 2.24 bits per heavy atom. The van der Waals surface area contributed by atoms with Crippen LogP contribution in [-0.2, 0) is 17.6 Å². The molecule has 0 unspecified atom stereocenters. The normalized spacial score (nSPS) is 20.8. The van der Waals surface area contributed by atoms with Crippen molar-refractivity contribution < 1.29 is 4.79 Å². The first-order chi connectivity index (χ1) is 8.24. The second-order valence-corrected chi connectivity index (χ2v) is 5.91. The summed E-state index contributed by atoms with van der Waals surface area (Å²) in [6.07, 6.45) is 5.45. The third kappa shape index (κ3) is 2.03. The fourth-order valence-electron chi connectivity index (χ4n) is 2.35. The third-order valence-electron chi connectivity index (χ3n) is 3.11. The third-order valence-corrected chi connectivity index (χ3v) is 4.27. The second-order valence-electron chi connectivity index (χ2n) is 4.19. The van der Waals surface area contributed by atoms with Gasteiger partial charge in [-0.3, -0.25) is 4.79 Å². The number of thiocarbonyl (C=S) groups is 1. The summed E-state index contributed by atoms with van der Waals surface area (Å²) in [5.74, 6) is -0.0735. The number of carbonyl (C=O) groups excluding carboxylic acids is 1. The van der Waals surface area contributed by atoms with Gasteiger partial charge in [0.15, 0.2) is 0 Å². The number of carbonyl (C=O) groups is 1. The van der Waals surface area contributed by atoms with Crippen molar-refractivity contribution in [1.29, 1.82) is 0 Å². The number of fused-ring (bicyclic) bond motifs is 1. The summed E-state index contributed by atoms with van der Waals surface area (Å²) in [5, 5.41) is 2.64. The Balaban J connectivity index is 2.01. The van der Waals surface area contributed by atoms with Crippen LogP contribution in [0.15, 0.2) is 23.1 Å². The molecule has 3 rings (SSSR count). The maximum absolute atomic E-state index is 11.6. The maximum atomic E-state index is 11.6. The molecule has 17 heavy (non-hydrogen) atoms. The van der Waals surface area contributed by atoms with Crippen LogP contribution in [0.5, 0.6) is 0 Å². The van der Waals surface area contributed by atoms with E-state index in [9.17, 15) is 4.79 Å². The van der Waals surface area contributed by atoms with E-state index in [-0.39, 0.29) is 5.91 Å². The van der Waals surface area contributed by atoms with Crippen molar-refractivity contribution in [3.05, 3.63) is 39.8 Å². The number of rotatable bonds is 1. The number of benzene rings is 1. The van der Waals surface area contributed by atoms with E-state index >= 15 is 0 Å². The summed E-state index contributed by atoms with van der Waals surface area (Å²) in [6.45, 7) is 0. The van der Waals surface area contributed by atoms with Crippen molar-refractivity contribution in [2.24, 2.45) is 0 Å². The average Bonchev–Trinajstić information content (AvgIpc) is 2.87. The number of aryl methyl sites for hydroxylation is 1. The Hall–Kier alpha value is -1.13. The molecule has 0 saturated carbocycles. The minimum Gasteiger partial charge on any atom is -0.307 e. The molecule has 1 aliphatic heterocycles. The van der Waals surface area contributed by atoms with Crippen LogP contribution in [0.1, 0.15) is 23.1 Å². The highest BCUT2D eigenvalue weighted by Crippen LogP contribution is 2.30. The lowest BCUT2D eigenvalue weighted by molar-refractivity contribution is -0.115. The van der Waals surface area contributed by atoms with Gasteiger partial charge in [-0.05, 0) is 42.0 Å². The van der Waals surface area contributed by atoms with Crippen LogP contribution in [0.2, 0.25) is 0 Å². The molecule has 1 aromatic carbocycles. The Morgan fingerprint density at radius 1 is 1.35 bits per heavy atom. The van der Waals surface area contributed by atoms with Gasteiger partial charge in [0.1, 0.15) is 4.32 Å². The molecular weight excluding hydrogens is 250 g/mol. The van der Waals surface area contributed by atoms with Crippen molar-refractivity contribution in [2.75, 3.05) is 0 Å². The van der Waals surface area contributed by atoms with Gasteiger partial charge in [0, 0.05) is 0 Å². The molecule has 2 aliphatic rings. The monoisotopic (exact) mass is 261 g/mol. The number of amides is 1. The van der Waals surface area contributed by atoms with E-state index in [1.54, 1.807) is 0 Å². The number of hydrogen-bond donors (Lipinski definition) is 1. The number of thioether (sulfide) groups is 1. The van der Waals surface area contributed by atoms with E-state index in [1.807, 2.05) is 6.08 Å². The van der Waals surface area contributed by atoms with Crippen molar-refractivity contribution in [3.63, 3.8) is 0 Å². The summed E-state index contributed by atoms with van der Waals surface area (Å²) in [5.41, 5.74) is 3.99. The summed E-state index contributed by atoms with van der Waals surface area (Å²) in [4.78, 5) is 12.3. The molecular formula is C13H11NOS2. The van der Waals surface area contributed by atoms with Crippen LogP contribution >= 0.6 is 24.0 Å². The second kappa shape index (κ2) is 4.27. The average molecular weight is 261 g/mol. The van der Waals surface area contributed by atoms with E-state index < -0.39 is 0 Å². The van der Waals surface area contributed by atoms with Crippen LogP contribution in [0.4, 0.5) is 0 Å². The zero-order chi connectivity index (χ0) is 11.8. The van der Waals surface area contributed by atoms with Crippen LogP contribution in [-0.4, -0.2) is 10.2 Å². The highest BCUT2D eigenvalue weighted by atomic mass is 32.2. The van der Waals surface area contributed by atoms with Crippen molar-refractivity contribution in [1.82, 2.24) is 5.32 Å². The molecule has 1 heterocycles. The molecule has 1 fully saturated rings. The Bertz CT molecular complexity index is 548. The van der Waals surface area contributed by atoms with E-state index in [1.165, 1.54) is 34.9 Å². The molecule has 0 bridgehead atoms. The van der Waals surface area contributed by atoms with Gasteiger partial charge in [0.25, 0.3) is 5.91 Å². The highest BCUT2D eigenvalue weighted by Gasteiger charge is 2.23. The number of nitrogens with one attached hydrogen (secondary N) is 1. The van der Waals surface area contributed by atoms with Crippen LogP contribution in [0, 0.1) is 0 Å². The van der Waals surface area contributed by atoms with Gasteiger partial charge in [-0.25, -0.2) is 0 Å². The van der Waals surface area contributed by atoms with Gasteiger partial charge >= 0.3 is 0 Å². The molecule has 1 aromatic rings. The first-order valence-electron chi connectivity index (χ1n) is 5.59. The predicted molar refractivity (Wildman–Crippen MR) is 74.8 cm³/mol. The summed E-state index contributed by atoms with van der Waals surface area (Å²) < 4.78 is 0.550. The first-order valence-corrected chi connectivity index (χ1v) is 6.82. The molecule has 1 amide bonds. The molecule has 1 aliphatic carbocycles. The Kier molecular flexibility index (Phi) is 2.76. The largest absolute Gasteiger partial charge is 0.307 e. The first kappa shape index (κ1) is 11.0. The summed E-state index contributed by atoms with van der Waals surface area (Å²) >= 11 is 6.32. The van der Waals surface area contributed by atoms with Gasteiger partial charge in [-0.2, -0.15) is 0 Å². The van der Waals surface area contributed by atoms with Gasteiger partial charge in [-0.15, -0.1) is 0 Å². The summed E-state index contributed by atoms with van der Waals surface area (Å²) in [7, 11) is 0. The molecule has 4 heteroatoms. The fraction of sp³-hybridized carbons (Fsp3) is 0.231. The SMILES string of the molecule is O=C1NC(=S)S/C1=C/c1cccc2c1CCC2. The minimum atomic E-state index is -0.0735. The van der Waals surface area contributed by atoms with Crippen LogP contribution in [0.3, 0.4) is 0 Å². The predicted octanol–water partition coefficient (Wildman–Crippen LogP) is 2.66. The Labute approximate surface area is 109 Å². The molecule has 0 aromatic heterocycles. The van der Waals surface area contributed by atoms with Gasteiger partial charge in [0.05, 0.1) is 4.91 Å². The lowest BCUT2D eigenvalue weighted by atomic mass is 10.0. The molecule has 86 valence electrons. The van der Waals surface area contributed by atoms with Crippen molar-refractivity contribution in [3.8, 4) is 0 Å². The van der Waals surface area contributed by atoms with Crippen molar-refractivity contribution >= 4 is 40.3 Å². The molecule has 0 atom stereocenters. The van der Waals surface area contributed by atoms with Crippen molar-refractivity contribution in [2.45, 2.75) is 19.3 Å². The smallest absolute Gasteiger partial charge is 0.263 e. The molecule has 1 N–H and O–H groups in total. The summed E-state index contributed by atoms with van der Waals surface area (Å²) in [6, 6.07) is 6.32. The van der Waals surface area contributed by atoms with E-state index in [0.717, 1.165) is 12.8 Å². The van der Waals surface area contributed by atoms with E-state index in [0.29, 0.717) is 9.23 Å². The highest BCUT2D eigenvalue weighted by molar-refractivity contribution is 8.26. The fourth-order valence-corrected chi connectivity index (χ4v) is 3.38.